The largest absolute Gasteiger partial charge is 0.455 e. The van der Waals surface area contributed by atoms with Crippen molar-refractivity contribution in [1.82, 2.24) is 10.1 Å². The second kappa shape index (κ2) is 10.3. The van der Waals surface area contributed by atoms with Crippen LogP contribution >= 0.6 is 11.8 Å². The fourth-order valence-electron chi connectivity index (χ4n) is 1.47. The molecule has 0 aliphatic carbocycles. The summed E-state index contributed by atoms with van der Waals surface area (Å²) in [5, 5.41) is 14.6. The molecule has 130 valence electrons. The predicted molar refractivity (Wildman–Crippen MR) is 86.0 cm³/mol. The number of nitrogens with one attached hydrogen (secondary N) is 1. The normalized spacial score (nSPS) is 9.88. The minimum atomic E-state index is -0.591. The lowest BCUT2D eigenvalue weighted by molar-refractivity contribution is -0.149. The first-order valence-corrected chi connectivity index (χ1v) is 8.15. The Balaban J connectivity index is 2.16. The highest BCUT2D eigenvalue weighted by Crippen LogP contribution is 2.08. The molecule has 0 aliphatic heterocycles. The van der Waals surface area contributed by atoms with Crippen LogP contribution < -0.4 is 5.32 Å². The van der Waals surface area contributed by atoms with Crippen LogP contribution in [0.15, 0.2) is 10.6 Å². The topological polar surface area (TPSA) is 126 Å². The molecule has 1 aromatic heterocycles. The number of aryl methyl sites for hydroxylation is 1. The lowest BCUT2D eigenvalue weighted by atomic mass is 10.4. The Labute approximate surface area is 143 Å². The number of likely N-dealkylation sites (N-methyl/N-ethyl adjacent to an activating group) is 1. The number of thioether (sulfide) groups is 1. The van der Waals surface area contributed by atoms with Crippen LogP contribution in [-0.2, 0) is 19.1 Å². The average Bonchev–Trinajstić information content (AvgIpc) is 2.95. The number of anilines is 1. The summed E-state index contributed by atoms with van der Waals surface area (Å²) >= 11 is 1.06. The van der Waals surface area contributed by atoms with Gasteiger partial charge in [-0.2, -0.15) is 5.26 Å². The highest BCUT2D eigenvalue weighted by Gasteiger charge is 2.13. The summed E-state index contributed by atoms with van der Waals surface area (Å²) in [6.45, 7) is 1.60. The van der Waals surface area contributed by atoms with E-state index < -0.39 is 5.97 Å². The predicted octanol–water partition coefficient (Wildman–Crippen LogP) is 0.570. The molecule has 0 saturated heterocycles. The average molecular weight is 354 g/mol. The van der Waals surface area contributed by atoms with Crippen molar-refractivity contribution in [3.05, 3.63) is 11.8 Å². The Hall–Kier alpha value is -2.54. The number of nitrogens with zero attached hydrogens (tertiary/aromatic N) is 3. The van der Waals surface area contributed by atoms with E-state index >= 15 is 0 Å². The van der Waals surface area contributed by atoms with Crippen molar-refractivity contribution in [2.75, 3.05) is 37.0 Å². The molecule has 1 rings (SSSR count). The third kappa shape index (κ3) is 7.64. The molecule has 0 bridgehead atoms. The first kappa shape index (κ1) is 19.5. The van der Waals surface area contributed by atoms with E-state index in [1.807, 2.05) is 6.07 Å². The quantitative estimate of drug-likeness (QED) is 0.638. The molecule has 0 aromatic carbocycles. The van der Waals surface area contributed by atoms with Crippen LogP contribution in [0, 0.1) is 18.3 Å². The molecule has 1 heterocycles. The van der Waals surface area contributed by atoms with E-state index in [2.05, 4.69) is 10.5 Å². The van der Waals surface area contributed by atoms with Gasteiger partial charge in [-0.15, -0.1) is 11.8 Å². The first-order chi connectivity index (χ1) is 11.4. The molecule has 1 N–H and O–H groups in total. The van der Waals surface area contributed by atoms with E-state index in [9.17, 15) is 14.4 Å². The van der Waals surface area contributed by atoms with Gasteiger partial charge < -0.3 is 19.5 Å². The maximum atomic E-state index is 11.6. The van der Waals surface area contributed by atoms with Crippen LogP contribution in [0.1, 0.15) is 12.2 Å². The van der Waals surface area contributed by atoms with Crippen molar-refractivity contribution in [2.45, 2.75) is 13.3 Å². The smallest absolute Gasteiger partial charge is 0.316 e. The van der Waals surface area contributed by atoms with Crippen LogP contribution in [0.3, 0.4) is 0 Å². The molecule has 24 heavy (non-hydrogen) atoms. The number of esters is 1. The summed E-state index contributed by atoms with van der Waals surface area (Å²) in [6.07, 6.45) is 0.214. The van der Waals surface area contributed by atoms with E-state index in [0.717, 1.165) is 11.8 Å². The molecule has 2 amide bonds. The number of hydrogen-bond donors (Lipinski definition) is 1. The van der Waals surface area contributed by atoms with Crippen LogP contribution in [0.2, 0.25) is 0 Å². The highest BCUT2D eigenvalue weighted by molar-refractivity contribution is 8.00. The third-order valence-electron chi connectivity index (χ3n) is 2.69. The van der Waals surface area contributed by atoms with Gasteiger partial charge in [0.15, 0.2) is 12.4 Å². The summed E-state index contributed by atoms with van der Waals surface area (Å²) in [4.78, 5) is 36.0. The minimum absolute atomic E-state index is 0.0387. The van der Waals surface area contributed by atoms with E-state index in [4.69, 9.17) is 14.5 Å². The molecule has 1 aromatic rings. The standard InChI is InChI=1S/C14H18N4O5S/c1-10-6-11(17-23-10)16-12(19)8-24-9-14(21)22-7-13(20)18(2)5-3-4-15/h6H,3,5,7-9H2,1-2H3,(H,16,17,19). The minimum Gasteiger partial charge on any atom is -0.455 e. The van der Waals surface area contributed by atoms with Crippen molar-refractivity contribution in [3.8, 4) is 6.07 Å². The number of ether oxygens (including phenoxy) is 1. The van der Waals surface area contributed by atoms with Gasteiger partial charge in [0.1, 0.15) is 5.76 Å². The number of hydrogen-bond acceptors (Lipinski definition) is 8. The molecule has 0 unspecified atom stereocenters. The maximum absolute atomic E-state index is 11.6. The van der Waals surface area contributed by atoms with Crippen LogP contribution in [0.5, 0.6) is 0 Å². The number of rotatable bonds is 9. The highest BCUT2D eigenvalue weighted by atomic mass is 32.2. The molecular weight excluding hydrogens is 336 g/mol. The van der Waals surface area contributed by atoms with Crippen molar-refractivity contribution < 1.29 is 23.6 Å². The summed E-state index contributed by atoms with van der Waals surface area (Å²) in [6, 6.07) is 3.50. The third-order valence-corrected chi connectivity index (χ3v) is 3.60. The fraction of sp³-hybridized carbons (Fsp3) is 0.500. The monoisotopic (exact) mass is 354 g/mol. The molecule has 0 spiro atoms. The first-order valence-electron chi connectivity index (χ1n) is 7.00. The van der Waals surface area contributed by atoms with Gasteiger partial charge in [0.2, 0.25) is 5.91 Å². The molecule has 0 fully saturated rings. The van der Waals surface area contributed by atoms with Gasteiger partial charge in [0, 0.05) is 19.7 Å². The lowest BCUT2D eigenvalue weighted by Gasteiger charge is -2.15. The Morgan fingerprint density at radius 1 is 1.46 bits per heavy atom. The van der Waals surface area contributed by atoms with Crippen molar-refractivity contribution >= 4 is 35.4 Å². The van der Waals surface area contributed by atoms with Crippen molar-refractivity contribution in [1.29, 1.82) is 5.26 Å². The number of carbonyl (C=O) groups is 3. The number of nitriles is 1. The molecule has 9 nitrogen and oxygen atoms in total. The van der Waals surface area contributed by atoms with E-state index in [0.29, 0.717) is 11.6 Å². The van der Waals surface area contributed by atoms with Gasteiger partial charge in [-0.3, -0.25) is 14.4 Å². The van der Waals surface area contributed by atoms with Crippen LogP contribution in [0.25, 0.3) is 0 Å². The van der Waals surface area contributed by atoms with Crippen molar-refractivity contribution in [3.63, 3.8) is 0 Å². The summed E-state index contributed by atoms with van der Waals surface area (Å²) in [5.41, 5.74) is 0. The Morgan fingerprint density at radius 3 is 2.83 bits per heavy atom. The summed E-state index contributed by atoms with van der Waals surface area (Å²) < 4.78 is 9.62. The van der Waals surface area contributed by atoms with Gasteiger partial charge >= 0.3 is 5.97 Å². The molecular formula is C14H18N4O5S. The van der Waals surface area contributed by atoms with Gasteiger partial charge in [-0.25, -0.2) is 0 Å². The van der Waals surface area contributed by atoms with Gasteiger partial charge in [-0.05, 0) is 6.92 Å². The van der Waals surface area contributed by atoms with Gasteiger partial charge in [0.25, 0.3) is 5.91 Å². The molecule has 0 atom stereocenters. The zero-order valence-electron chi connectivity index (χ0n) is 13.4. The Bertz CT molecular complexity index is 625. The van der Waals surface area contributed by atoms with Gasteiger partial charge in [-0.1, -0.05) is 5.16 Å². The summed E-state index contributed by atoms with van der Waals surface area (Å²) in [5.74, 6) is -0.432. The lowest BCUT2D eigenvalue weighted by Crippen LogP contribution is -2.32. The summed E-state index contributed by atoms with van der Waals surface area (Å²) in [7, 11) is 1.53. The fourth-order valence-corrected chi connectivity index (χ4v) is 2.08. The zero-order valence-corrected chi connectivity index (χ0v) is 14.2. The van der Waals surface area contributed by atoms with Gasteiger partial charge in [0.05, 0.1) is 24.0 Å². The Kier molecular flexibility index (Phi) is 8.35. The SMILES string of the molecule is Cc1cc(NC(=O)CSCC(=O)OCC(=O)N(C)CCC#N)no1. The molecule has 0 aliphatic rings. The Morgan fingerprint density at radius 2 is 2.21 bits per heavy atom. The molecule has 10 heteroatoms. The number of carbonyl (C=O) groups excluding carboxylic acids is 3. The van der Waals surface area contributed by atoms with E-state index in [-0.39, 0.29) is 42.9 Å². The zero-order chi connectivity index (χ0) is 17.9. The van der Waals surface area contributed by atoms with Crippen molar-refractivity contribution in [2.24, 2.45) is 0 Å². The molecule has 0 saturated carbocycles. The second-order valence-corrected chi connectivity index (χ2v) is 5.73. The molecule has 0 radical (unpaired) electrons. The number of aromatic nitrogens is 1. The van der Waals surface area contributed by atoms with E-state index in [1.165, 1.54) is 11.9 Å². The maximum Gasteiger partial charge on any atom is 0.316 e. The van der Waals surface area contributed by atoms with Crippen LogP contribution in [-0.4, -0.2) is 59.5 Å². The second-order valence-electron chi connectivity index (χ2n) is 4.75. The number of amides is 2. The van der Waals surface area contributed by atoms with E-state index in [1.54, 1.807) is 13.0 Å². The van der Waals surface area contributed by atoms with Crippen LogP contribution in [0.4, 0.5) is 5.82 Å².